The summed E-state index contributed by atoms with van der Waals surface area (Å²) in [4.78, 5) is 15.0. The fraction of sp³-hybridized carbons (Fsp3) is 0. The van der Waals surface area contributed by atoms with Gasteiger partial charge in [0.25, 0.3) is 0 Å². The highest BCUT2D eigenvalue weighted by Gasteiger charge is 2.20. The summed E-state index contributed by atoms with van der Waals surface area (Å²) in [5.74, 6) is 1.89. The summed E-state index contributed by atoms with van der Waals surface area (Å²) in [6.07, 6.45) is 0. The predicted octanol–water partition coefficient (Wildman–Crippen LogP) is 23.0. The second kappa shape index (κ2) is 22.2. The average molecular weight is 1190 g/mol. The van der Waals surface area contributed by atoms with E-state index >= 15 is 0 Å². The van der Waals surface area contributed by atoms with E-state index in [0.717, 1.165) is 106 Å². The lowest BCUT2D eigenvalue weighted by Gasteiger charge is -2.13. The minimum Gasteiger partial charge on any atom is -0.455 e. The zero-order chi connectivity index (χ0) is 61.3. The Bertz CT molecular complexity index is 5830. The van der Waals surface area contributed by atoms with Gasteiger partial charge in [-0.05, 0) is 152 Å². The molecule has 93 heavy (non-hydrogen) atoms. The van der Waals surface area contributed by atoms with Gasteiger partial charge in [0.15, 0.2) is 17.5 Å². The summed E-state index contributed by atoms with van der Waals surface area (Å²) >= 11 is 0. The smallest absolute Gasteiger partial charge is 0.164 e. The minimum absolute atomic E-state index is 0.619. The number of nitrogens with zero attached hydrogens (tertiary/aromatic N) is 5. The fourth-order valence-electron chi connectivity index (χ4n) is 13.9. The van der Waals surface area contributed by atoms with Crippen molar-refractivity contribution in [1.29, 1.82) is 0 Å². The molecule has 0 saturated carbocycles. The first-order chi connectivity index (χ1) is 46.1. The monoisotopic (exact) mass is 1190 g/mol. The molecule has 0 fully saturated rings. The van der Waals surface area contributed by atoms with Crippen molar-refractivity contribution in [2.75, 3.05) is 0 Å². The highest BCUT2D eigenvalue weighted by Crippen LogP contribution is 2.43. The number of furan rings is 1. The molecule has 6 heteroatoms. The normalized spacial score (nSPS) is 11.7. The molecule has 4 aromatic heterocycles. The van der Waals surface area contributed by atoms with Crippen LogP contribution in [0.5, 0.6) is 0 Å². The number of benzene rings is 14. The van der Waals surface area contributed by atoms with Gasteiger partial charge >= 0.3 is 0 Å². The van der Waals surface area contributed by atoms with E-state index < -0.39 is 0 Å². The third-order valence-corrected chi connectivity index (χ3v) is 18.3. The number of rotatable bonds is 11. The third-order valence-electron chi connectivity index (χ3n) is 18.3. The molecule has 0 bridgehead atoms. The molecule has 0 radical (unpaired) electrons. The van der Waals surface area contributed by atoms with Crippen molar-refractivity contribution in [2.45, 2.75) is 0 Å². The molecule has 0 N–H and O–H groups in total. The third kappa shape index (κ3) is 9.47. The first-order valence-electron chi connectivity index (χ1n) is 31.5. The zero-order valence-electron chi connectivity index (χ0n) is 50.4. The van der Waals surface area contributed by atoms with Gasteiger partial charge in [-0.3, -0.25) is 0 Å². The van der Waals surface area contributed by atoms with E-state index in [4.69, 9.17) is 19.4 Å². The van der Waals surface area contributed by atoms with Gasteiger partial charge in [-0.1, -0.05) is 243 Å². The second-order valence-electron chi connectivity index (χ2n) is 23.9. The number of hydrogen-bond acceptors (Lipinski definition) is 4. The Morgan fingerprint density at radius 2 is 0.559 bits per heavy atom. The molecular weight excluding hydrogens is 1130 g/mol. The van der Waals surface area contributed by atoms with Crippen molar-refractivity contribution in [1.82, 2.24) is 24.1 Å². The Morgan fingerprint density at radius 1 is 0.204 bits per heavy atom. The molecule has 6 nitrogen and oxygen atoms in total. The highest BCUT2D eigenvalue weighted by molar-refractivity contribution is 6.13. The lowest BCUT2D eigenvalue weighted by molar-refractivity contribution is 0.670. The molecule has 14 aromatic carbocycles. The van der Waals surface area contributed by atoms with Crippen LogP contribution in [-0.4, -0.2) is 24.1 Å². The van der Waals surface area contributed by atoms with Crippen LogP contribution in [0.15, 0.2) is 338 Å². The van der Waals surface area contributed by atoms with Crippen LogP contribution in [0.3, 0.4) is 0 Å². The number of aromatic nitrogens is 5. The molecule has 0 spiro atoms. The van der Waals surface area contributed by atoms with Gasteiger partial charge in [0.1, 0.15) is 11.2 Å². The lowest BCUT2D eigenvalue weighted by Crippen LogP contribution is -2.00. The van der Waals surface area contributed by atoms with Crippen molar-refractivity contribution >= 4 is 65.6 Å². The van der Waals surface area contributed by atoms with Gasteiger partial charge in [-0.25, -0.2) is 15.0 Å². The van der Waals surface area contributed by atoms with Crippen molar-refractivity contribution < 1.29 is 4.42 Å². The van der Waals surface area contributed by atoms with Crippen LogP contribution in [0.1, 0.15) is 0 Å². The molecule has 0 unspecified atom stereocenters. The lowest BCUT2D eigenvalue weighted by atomic mass is 9.92. The van der Waals surface area contributed by atoms with Crippen LogP contribution in [-0.2, 0) is 0 Å². The van der Waals surface area contributed by atoms with E-state index in [1.807, 2.05) is 66.7 Å². The van der Waals surface area contributed by atoms with Gasteiger partial charge in [-0.2, -0.15) is 0 Å². The van der Waals surface area contributed by atoms with Crippen LogP contribution in [0, 0.1) is 0 Å². The van der Waals surface area contributed by atoms with Crippen molar-refractivity contribution in [3.63, 3.8) is 0 Å². The summed E-state index contributed by atoms with van der Waals surface area (Å²) < 4.78 is 11.6. The van der Waals surface area contributed by atoms with Crippen molar-refractivity contribution in [2.24, 2.45) is 0 Å². The number of fused-ring (bicyclic) bond motifs is 9. The average Bonchev–Trinajstić information content (AvgIpc) is 1.63. The van der Waals surface area contributed by atoms with Gasteiger partial charge in [-0.15, -0.1) is 0 Å². The maximum atomic E-state index is 6.75. The van der Waals surface area contributed by atoms with E-state index in [1.54, 1.807) is 0 Å². The molecule has 0 atom stereocenters. The van der Waals surface area contributed by atoms with Crippen LogP contribution < -0.4 is 0 Å². The maximum Gasteiger partial charge on any atom is 0.164 e. The summed E-state index contributed by atoms with van der Waals surface area (Å²) in [7, 11) is 0. The zero-order valence-corrected chi connectivity index (χ0v) is 50.4. The Morgan fingerprint density at radius 3 is 1.11 bits per heavy atom. The second-order valence-corrected chi connectivity index (χ2v) is 23.9. The topological polar surface area (TPSA) is 61.7 Å². The standard InChI is InChI=1S/C87H55N5O/c1-3-20-58(21-4-1)85-88-86(59-22-5-2-6-23-59)90-87(89-85)68-31-17-24-60(50-68)56-42-44-57(45-43-56)76-54-69(55-78-75-37-10-14-41-83(75)93-84(76)78)64-28-16-26-62(49-64)61-25-15-27-63(48-61)65-29-18-33-71(51-65)92-81-40-13-9-36-74(81)77-53-67(46-47-82(77)92)66-30-19-32-70(52-66)91-79-38-11-7-34-72(79)73-35-8-12-39-80(73)91/h1-55H. The van der Waals surface area contributed by atoms with E-state index in [2.05, 4.69) is 276 Å². The quantitative estimate of drug-likeness (QED) is 0.129. The summed E-state index contributed by atoms with van der Waals surface area (Å²) in [6.45, 7) is 0. The van der Waals surface area contributed by atoms with E-state index in [-0.39, 0.29) is 0 Å². The van der Waals surface area contributed by atoms with Gasteiger partial charge in [0.05, 0.1) is 22.1 Å². The van der Waals surface area contributed by atoms with Crippen LogP contribution >= 0.6 is 0 Å². The molecule has 0 aliphatic heterocycles. The number of hydrogen-bond donors (Lipinski definition) is 0. The molecule has 0 aliphatic rings. The van der Waals surface area contributed by atoms with Crippen LogP contribution in [0.4, 0.5) is 0 Å². The molecule has 18 rings (SSSR count). The molecule has 0 amide bonds. The Labute approximate surface area is 536 Å². The van der Waals surface area contributed by atoms with Crippen LogP contribution in [0.25, 0.3) is 178 Å². The molecule has 0 aliphatic carbocycles. The van der Waals surface area contributed by atoms with Gasteiger partial charge in [0.2, 0.25) is 0 Å². The minimum atomic E-state index is 0.619. The maximum absolute atomic E-state index is 6.75. The molecular formula is C87H55N5O. The Kier molecular flexibility index (Phi) is 12.8. The van der Waals surface area contributed by atoms with Gasteiger partial charge in [0, 0.05) is 65.9 Å². The summed E-state index contributed by atoms with van der Waals surface area (Å²) in [5.41, 5.74) is 24.9. The van der Waals surface area contributed by atoms with Crippen LogP contribution in [0.2, 0.25) is 0 Å². The Balaban J connectivity index is 0.660. The molecule has 0 saturated heterocycles. The first-order valence-corrected chi connectivity index (χ1v) is 31.5. The predicted molar refractivity (Wildman–Crippen MR) is 385 cm³/mol. The van der Waals surface area contributed by atoms with Crippen molar-refractivity contribution in [3.8, 4) is 112 Å². The van der Waals surface area contributed by atoms with E-state index in [9.17, 15) is 0 Å². The first kappa shape index (κ1) is 53.5. The summed E-state index contributed by atoms with van der Waals surface area (Å²) in [5, 5.41) is 7.12. The molecule has 18 aromatic rings. The molecule has 434 valence electrons. The largest absolute Gasteiger partial charge is 0.455 e. The van der Waals surface area contributed by atoms with Crippen molar-refractivity contribution in [3.05, 3.63) is 334 Å². The van der Waals surface area contributed by atoms with E-state index in [0.29, 0.717) is 17.5 Å². The van der Waals surface area contributed by atoms with Gasteiger partial charge < -0.3 is 13.6 Å². The SMILES string of the molecule is c1ccc(-c2nc(-c3ccccc3)nc(-c3cccc(-c4ccc(-c5cc(-c6cccc(-c7cccc(-c8cccc(-n9c%10ccccc%10c%10cc(-c%11cccc(-n%12c%13ccccc%13c%13ccccc%13%12)c%11)ccc%109)c8)c7)c6)cc6c5oc5ccccc56)cc4)c3)n2)cc1. The number of para-hydroxylation sites is 4. The fourth-order valence-corrected chi connectivity index (χ4v) is 13.9. The Hall–Kier alpha value is -12.5. The molecule has 4 heterocycles. The van der Waals surface area contributed by atoms with E-state index in [1.165, 1.54) is 54.7 Å². The summed E-state index contributed by atoms with van der Waals surface area (Å²) in [6, 6.07) is 119. The highest BCUT2D eigenvalue weighted by atomic mass is 16.3.